The van der Waals surface area contributed by atoms with Crippen LogP contribution in [-0.4, -0.2) is 34.8 Å². The number of aliphatic hydroxyl groups is 1. The summed E-state index contributed by atoms with van der Waals surface area (Å²) in [5.74, 6) is 0.443. The molecule has 0 aromatic carbocycles. The number of aliphatic hydroxyl groups excluding tert-OH is 1. The highest BCUT2D eigenvalue weighted by molar-refractivity contribution is 6.06. The van der Waals surface area contributed by atoms with E-state index in [1.165, 1.54) is 6.92 Å². The van der Waals surface area contributed by atoms with Crippen molar-refractivity contribution in [2.75, 3.05) is 0 Å². The first-order valence-corrected chi connectivity index (χ1v) is 15.6. The Kier molecular flexibility index (Phi) is 16.7. The summed E-state index contributed by atoms with van der Waals surface area (Å²) in [5.41, 5.74) is 6.01. The minimum atomic E-state index is -0.556. The van der Waals surface area contributed by atoms with Gasteiger partial charge in [0.05, 0.1) is 6.10 Å². The maximum atomic E-state index is 12.0. The molecule has 0 saturated heterocycles. The molecule has 0 saturated carbocycles. The minimum absolute atomic E-state index is 0. The zero-order chi connectivity index (χ0) is 34.5. The van der Waals surface area contributed by atoms with Gasteiger partial charge in [0.15, 0.2) is 17.3 Å². The Labute approximate surface area is 269 Å². The molecule has 0 amide bonds. The van der Waals surface area contributed by atoms with Crippen molar-refractivity contribution in [2.45, 2.75) is 122 Å². The van der Waals surface area contributed by atoms with Crippen LogP contribution in [0, 0.1) is 16.2 Å². The van der Waals surface area contributed by atoms with Gasteiger partial charge in [-0.25, -0.2) is 0 Å². The molecule has 5 heteroatoms. The van der Waals surface area contributed by atoms with Crippen LogP contribution in [0.25, 0.3) is 0 Å². The van der Waals surface area contributed by atoms with Crippen LogP contribution in [0.5, 0.6) is 0 Å². The molecule has 3 rings (SSSR count). The van der Waals surface area contributed by atoms with Gasteiger partial charge in [0.1, 0.15) is 6.29 Å². The highest BCUT2D eigenvalue weighted by Gasteiger charge is 2.32. The number of allylic oxidation sites excluding steroid dienone is 14. The van der Waals surface area contributed by atoms with E-state index in [4.69, 9.17) is 4.79 Å². The Morgan fingerprint density at radius 1 is 0.773 bits per heavy atom. The van der Waals surface area contributed by atoms with Gasteiger partial charge >= 0.3 is 1.43 Å². The van der Waals surface area contributed by atoms with E-state index in [1.807, 2.05) is 45.9 Å². The molecular formula is C39H59O5+. The number of carbonyl (C=O) groups excluding carboxylic acids is 4. The van der Waals surface area contributed by atoms with Gasteiger partial charge in [-0.05, 0) is 107 Å². The van der Waals surface area contributed by atoms with Gasteiger partial charge in [-0.15, -0.1) is 0 Å². The van der Waals surface area contributed by atoms with Gasteiger partial charge in [0.2, 0.25) is 0 Å². The normalized spacial score (nSPS) is 20.0. The summed E-state index contributed by atoms with van der Waals surface area (Å²) in [5, 5.41) is 9.25. The van der Waals surface area contributed by atoms with Gasteiger partial charge in [0, 0.05) is 23.1 Å². The van der Waals surface area contributed by atoms with E-state index in [0.717, 1.165) is 59.0 Å². The monoisotopic (exact) mass is 607 g/mol. The summed E-state index contributed by atoms with van der Waals surface area (Å²) in [4.78, 5) is 44.0. The lowest BCUT2D eigenvalue weighted by atomic mass is 9.73. The first-order chi connectivity index (χ1) is 20.2. The van der Waals surface area contributed by atoms with Crippen LogP contribution in [0.2, 0.25) is 0 Å². The second kappa shape index (κ2) is 17.9. The van der Waals surface area contributed by atoms with Crippen LogP contribution in [-0.2, 0) is 19.2 Å². The summed E-state index contributed by atoms with van der Waals surface area (Å²) in [7, 11) is 0. The van der Waals surface area contributed by atoms with Gasteiger partial charge < -0.3 is 9.90 Å². The zero-order valence-corrected chi connectivity index (χ0v) is 29.7. The smallest absolute Gasteiger partial charge is 0.393 e. The third kappa shape index (κ3) is 12.4. The molecule has 0 heterocycles. The zero-order valence-electron chi connectivity index (χ0n) is 30.7. The summed E-state index contributed by atoms with van der Waals surface area (Å²) in [6.07, 6.45) is 19.2. The number of hydrogen-bond acceptors (Lipinski definition) is 5. The van der Waals surface area contributed by atoms with Crippen LogP contribution in [0.3, 0.4) is 0 Å². The predicted octanol–water partition coefficient (Wildman–Crippen LogP) is 9.26. The minimum Gasteiger partial charge on any atom is -0.393 e. The lowest BCUT2D eigenvalue weighted by molar-refractivity contribution is -0.118. The Hall–Kier alpha value is -3.18. The standard InChI is InChI=1S/C13H20O2.C13H18O.C11H16O.C2H4O/c1-9-6-5-7-13(3,4)12(9)11(15)8-10(2)14;1-5-7-11(14)12-10(2)8-6-9-13(12,3)4;1-8-6-5-7-11(3,4)10(8)9(2)12;1-2-3/h5-6,10,14H,7-8H2,1-4H3;5-8H,9H2,1-4H3;5-6H,7H2,1-4H3;2H,1H3/p+1/b;7-5+;;. The molecule has 1 atom stereocenters. The van der Waals surface area contributed by atoms with Crippen molar-refractivity contribution in [1.29, 1.82) is 0 Å². The SMILES string of the molecule is C/C=C/C(=O)C1=C(C)C=CCC1(C)C.CC(=O)C1=C(C)C=CCC1(C)C.CC1=C(C(=O)CC(C)O)C(C)(C)CC=C1.CC=O.[H+]. The maximum absolute atomic E-state index is 12.0. The second-order valence-electron chi connectivity index (χ2n) is 13.8. The van der Waals surface area contributed by atoms with Crippen LogP contribution in [0.1, 0.15) is 117 Å². The first-order valence-electron chi connectivity index (χ1n) is 15.6. The van der Waals surface area contributed by atoms with Crippen LogP contribution < -0.4 is 0 Å². The number of aldehydes is 1. The predicted molar refractivity (Wildman–Crippen MR) is 185 cm³/mol. The fourth-order valence-corrected chi connectivity index (χ4v) is 6.23. The Morgan fingerprint density at radius 3 is 1.39 bits per heavy atom. The molecule has 1 unspecified atom stereocenters. The lowest BCUT2D eigenvalue weighted by Crippen LogP contribution is -2.26. The van der Waals surface area contributed by atoms with E-state index in [1.54, 1.807) is 26.0 Å². The molecule has 0 radical (unpaired) electrons. The molecule has 5 nitrogen and oxygen atoms in total. The highest BCUT2D eigenvalue weighted by Crippen LogP contribution is 2.39. The third-order valence-electron chi connectivity index (χ3n) is 7.88. The topological polar surface area (TPSA) is 88.5 Å². The van der Waals surface area contributed by atoms with Gasteiger partial charge in [-0.3, -0.25) is 14.4 Å². The molecule has 0 aromatic heterocycles. The summed E-state index contributed by atoms with van der Waals surface area (Å²) in [6.45, 7) is 25.2. The van der Waals surface area contributed by atoms with E-state index < -0.39 is 6.10 Å². The molecule has 3 aliphatic carbocycles. The number of hydrogen-bond donors (Lipinski definition) is 1. The largest absolute Gasteiger partial charge is 1.00 e. The van der Waals surface area contributed by atoms with Gasteiger partial charge in [0.25, 0.3) is 0 Å². The molecule has 244 valence electrons. The number of ketones is 3. The summed E-state index contributed by atoms with van der Waals surface area (Å²) in [6, 6.07) is 0. The molecule has 0 aromatic rings. The lowest BCUT2D eigenvalue weighted by Gasteiger charge is -2.30. The van der Waals surface area contributed by atoms with Crippen LogP contribution >= 0.6 is 0 Å². The fourth-order valence-electron chi connectivity index (χ4n) is 6.23. The van der Waals surface area contributed by atoms with E-state index >= 15 is 0 Å². The fraction of sp³-hybridized carbons (Fsp3) is 0.538. The van der Waals surface area contributed by atoms with E-state index in [0.29, 0.717) is 0 Å². The van der Waals surface area contributed by atoms with Crippen LogP contribution in [0.4, 0.5) is 0 Å². The number of carbonyl (C=O) groups is 4. The summed E-state index contributed by atoms with van der Waals surface area (Å²) < 4.78 is 0. The molecule has 0 bridgehead atoms. The average Bonchev–Trinajstić information content (AvgIpc) is 2.83. The van der Waals surface area contributed by atoms with Crippen LogP contribution in [0.15, 0.2) is 82.0 Å². The molecule has 44 heavy (non-hydrogen) atoms. The van der Waals surface area contributed by atoms with Gasteiger partial charge in [-0.1, -0.05) is 84.1 Å². The van der Waals surface area contributed by atoms with E-state index in [9.17, 15) is 19.5 Å². The average molecular weight is 608 g/mol. The second-order valence-corrected chi connectivity index (χ2v) is 13.8. The van der Waals surface area contributed by atoms with E-state index in [2.05, 4.69) is 59.8 Å². The quantitative estimate of drug-likeness (QED) is 0.240. The van der Waals surface area contributed by atoms with Crippen molar-refractivity contribution in [2.24, 2.45) is 16.2 Å². The molecule has 3 aliphatic rings. The van der Waals surface area contributed by atoms with Crippen molar-refractivity contribution in [3.05, 3.63) is 82.0 Å². The highest BCUT2D eigenvalue weighted by atomic mass is 16.3. The van der Waals surface area contributed by atoms with Crippen molar-refractivity contribution < 1.29 is 25.7 Å². The molecular weight excluding hydrogens is 548 g/mol. The molecule has 0 spiro atoms. The van der Waals surface area contributed by atoms with Crippen molar-refractivity contribution in [1.82, 2.24) is 0 Å². The Morgan fingerprint density at radius 2 is 1.11 bits per heavy atom. The number of rotatable bonds is 6. The van der Waals surface area contributed by atoms with Crippen molar-refractivity contribution in [3.63, 3.8) is 0 Å². The summed E-state index contributed by atoms with van der Waals surface area (Å²) >= 11 is 0. The third-order valence-corrected chi connectivity index (χ3v) is 7.88. The molecule has 0 aliphatic heterocycles. The first kappa shape index (κ1) is 40.8. The van der Waals surface area contributed by atoms with Crippen molar-refractivity contribution >= 4 is 23.6 Å². The van der Waals surface area contributed by atoms with E-state index in [-0.39, 0.29) is 41.4 Å². The maximum Gasteiger partial charge on any atom is 1.00 e. The Balaban J connectivity index is 0. The number of Topliss-reactive ketones (excluding diaryl/α,β-unsaturated/α-hetero) is 2. The molecule has 0 fully saturated rings. The molecule has 1 N–H and O–H groups in total. The van der Waals surface area contributed by atoms with Crippen molar-refractivity contribution in [3.8, 4) is 0 Å². The van der Waals surface area contributed by atoms with Gasteiger partial charge in [-0.2, -0.15) is 0 Å². The Bertz CT molecular complexity index is 1270.